The Labute approximate surface area is 95.0 Å². The van der Waals surface area contributed by atoms with Crippen LogP contribution in [-0.4, -0.2) is 23.4 Å². The van der Waals surface area contributed by atoms with E-state index in [1.54, 1.807) is 0 Å². The minimum absolute atomic E-state index is 0.115. The van der Waals surface area contributed by atoms with Gasteiger partial charge in [0.15, 0.2) is 0 Å². The summed E-state index contributed by atoms with van der Waals surface area (Å²) >= 11 is 0. The molecule has 0 aliphatic rings. The van der Waals surface area contributed by atoms with Crippen LogP contribution in [0.3, 0.4) is 0 Å². The Morgan fingerprint density at radius 2 is 1.53 bits per heavy atom. The van der Waals surface area contributed by atoms with Gasteiger partial charge in [0.05, 0.1) is 0 Å². The van der Waals surface area contributed by atoms with Crippen molar-refractivity contribution in [2.24, 2.45) is 11.8 Å². The van der Waals surface area contributed by atoms with Gasteiger partial charge in [-0.05, 0) is 18.8 Å². The highest BCUT2D eigenvalue weighted by atomic mass is 16.2. The van der Waals surface area contributed by atoms with E-state index in [1.807, 2.05) is 13.8 Å². The first-order chi connectivity index (χ1) is 6.93. The Balaban J connectivity index is 4.62. The molecule has 2 heteroatoms. The van der Waals surface area contributed by atoms with E-state index in [-0.39, 0.29) is 5.92 Å². The lowest BCUT2D eigenvalue weighted by atomic mass is 10.0. The van der Waals surface area contributed by atoms with E-state index in [4.69, 9.17) is 0 Å². The first-order valence-electron chi connectivity index (χ1n) is 6.24. The van der Waals surface area contributed by atoms with Crippen molar-refractivity contribution in [3.8, 4) is 0 Å². The summed E-state index contributed by atoms with van der Waals surface area (Å²) in [5.41, 5.74) is 0. The van der Waals surface area contributed by atoms with Gasteiger partial charge in [0, 0.05) is 18.5 Å². The molecule has 0 aromatic carbocycles. The molecule has 0 radical (unpaired) electrons. The van der Waals surface area contributed by atoms with Crippen molar-refractivity contribution in [2.75, 3.05) is 6.54 Å². The second-order valence-electron chi connectivity index (χ2n) is 5.01. The summed E-state index contributed by atoms with van der Waals surface area (Å²) in [6.07, 6.45) is 2.11. The van der Waals surface area contributed by atoms with E-state index in [2.05, 4.69) is 32.6 Å². The molecule has 0 spiro atoms. The third-order valence-electron chi connectivity index (χ3n) is 2.72. The van der Waals surface area contributed by atoms with Crippen LogP contribution in [0.2, 0.25) is 0 Å². The highest BCUT2D eigenvalue weighted by Crippen LogP contribution is 2.14. The normalized spacial score (nSPS) is 11.5. The first-order valence-corrected chi connectivity index (χ1v) is 6.24. The molecular weight excluding hydrogens is 186 g/mol. The fourth-order valence-electron chi connectivity index (χ4n) is 1.87. The molecule has 0 fully saturated rings. The molecule has 15 heavy (non-hydrogen) atoms. The first kappa shape index (κ1) is 14.5. The van der Waals surface area contributed by atoms with Gasteiger partial charge in [-0.2, -0.15) is 0 Å². The van der Waals surface area contributed by atoms with Crippen molar-refractivity contribution in [2.45, 2.75) is 60.4 Å². The molecule has 0 N–H and O–H groups in total. The summed E-state index contributed by atoms with van der Waals surface area (Å²) in [6.45, 7) is 13.5. The summed E-state index contributed by atoms with van der Waals surface area (Å²) in [6, 6.07) is 0.419. The summed E-state index contributed by atoms with van der Waals surface area (Å²) in [4.78, 5) is 14.1. The zero-order valence-corrected chi connectivity index (χ0v) is 11.2. The molecule has 0 aromatic rings. The number of rotatable bonds is 6. The van der Waals surface area contributed by atoms with Crippen LogP contribution in [0.5, 0.6) is 0 Å². The molecule has 0 unspecified atom stereocenters. The smallest absolute Gasteiger partial charge is 0.225 e. The fraction of sp³-hybridized carbons (Fsp3) is 0.923. The maximum absolute atomic E-state index is 12.1. The number of carbonyl (C=O) groups excluding carboxylic acids is 1. The average molecular weight is 213 g/mol. The van der Waals surface area contributed by atoms with Crippen molar-refractivity contribution in [3.63, 3.8) is 0 Å². The zero-order chi connectivity index (χ0) is 12.0. The minimum atomic E-state index is 0.115. The summed E-state index contributed by atoms with van der Waals surface area (Å²) in [5.74, 6) is 0.968. The van der Waals surface area contributed by atoms with Crippen LogP contribution in [0.4, 0.5) is 0 Å². The van der Waals surface area contributed by atoms with Crippen LogP contribution in [-0.2, 0) is 4.79 Å². The Morgan fingerprint density at radius 1 is 1.07 bits per heavy atom. The van der Waals surface area contributed by atoms with Crippen molar-refractivity contribution >= 4 is 5.91 Å². The number of hydrogen-bond donors (Lipinski definition) is 0. The molecule has 1 amide bonds. The second-order valence-corrected chi connectivity index (χ2v) is 5.01. The van der Waals surface area contributed by atoms with Gasteiger partial charge in [0.2, 0.25) is 5.91 Å². The number of hydrogen-bond acceptors (Lipinski definition) is 1. The summed E-state index contributed by atoms with van der Waals surface area (Å²) in [5, 5.41) is 0. The average Bonchev–Trinajstić information content (AvgIpc) is 2.16. The number of amides is 1. The SMILES string of the molecule is CCC(CC)N(CC(C)C)C(=O)C(C)C. The molecule has 90 valence electrons. The molecule has 0 saturated heterocycles. The topological polar surface area (TPSA) is 20.3 Å². The molecule has 0 aromatic heterocycles. The van der Waals surface area contributed by atoms with Gasteiger partial charge in [-0.3, -0.25) is 4.79 Å². The molecule has 0 bridgehead atoms. The maximum Gasteiger partial charge on any atom is 0.225 e. The predicted molar refractivity (Wildman–Crippen MR) is 65.8 cm³/mol. The van der Waals surface area contributed by atoms with Crippen molar-refractivity contribution in [1.82, 2.24) is 4.90 Å². The molecule has 0 aliphatic heterocycles. The lowest BCUT2D eigenvalue weighted by Gasteiger charge is -2.33. The molecule has 0 rings (SSSR count). The maximum atomic E-state index is 12.1. The van der Waals surface area contributed by atoms with Crippen LogP contribution in [0, 0.1) is 11.8 Å². The molecule has 0 saturated carbocycles. The molecule has 2 nitrogen and oxygen atoms in total. The highest BCUT2D eigenvalue weighted by molar-refractivity contribution is 5.78. The second kappa shape index (κ2) is 6.86. The van der Waals surface area contributed by atoms with Crippen LogP contribution in [0.15, 0.2) is 0 Å². The third-order valence-corrected chi connectivity index (χ3v) is 2.72. The third kappa shape index (κ3) is 4.67. The van der Waals surface area contributed by atoms with Crippen LogP contribution >= 0.6 is 0 Å². The lowest BCUT2D eigenvalue weighted by molar-refractivity contribution is -0.137. The molecule has 0 atom stereocenters. The molecular formula is C13H27NO. The molecule has 0 aliphatic carbocycles. The Hall–Kier alpha value is -0.530. The number of carbonyl (C=O) groups is 1. The van der Waals surface area contributed by atoms with Gasteiger partial charge in [-0.15, -0.1) is 0 Å². The van der Waals surface area contributed by atoms with Crippen LogP contribution in [0.1, 0.15) is 54.4 Å². The molecule has 0 heterocycles. The van der Waals surface area contributed by atoms with Crippen molar-refractivity contribution in [1.29, 1.82) is 0 Å². The van der Waals surface area contributed by atoms with E-state index < -0.39 is 0 Å². The monoisotopic (exact) mass is 213 g/mol. The van der Waals surface area contributed by atoms with Gasteiger partial charge >= 0.3 is 0 Å². The fourth-order valence-corrected chi connectivity index (χ4v) is 1.87. The van der Waals surface area contributed by atoms with E-state index in [1.165, 1.54) is 0 Å². The van der Waals surface area contributed by atoms with Gasteiger partial charge in [0.25, 0.3) is 0 Å². The minimum Gasteiger partial charge on any atom is -0.339 e. The lowest BCUT2D eigenvalue weighted by Crippen LogP contribution is -2.44. The van der Waals surface area contributed by atoms with E-state index in [0.717, 1.165) is 19.4 Å². The standard InChI is InChI=1S/C13H27NO/c1-7-12(8-2)14(9-10(3)4)13(15)11(5)6/h10-12H,7-9H2,1-6H3. The zero-order valence-electron chi connectivity index (χ0n) is 11.2. The summed E-state index contributed by atoms with van der Waals surface area (Å²) < 4.78 is 0. The van der Waals surface area contributed by atoms with Gasteiger partial charge < -0.3 is 4.90 Å². The van der Waals surface area contributed by atoms with Gasteiger partial charge in [0.1, 0.15) is 0 Å². The van der Waals surface area contributed by atoms with Crippen molar-refractivity contribution < 1.29 is 4.79 Å². The Morgan fingerprint density at radius 3 is 1.80 bits per heavy atom. The van der Waals surface area contributed by atoms with Crippen LogP contribution < -0.4 is 0 Å². The predicted octanol–water partition coefficient (Wildman–Crippen LogP) is 3.32. The Kier molecular flexibility index (Phi) is 6.62. The van der Waals surface area contributed by atoms with E-state index in [9.17, 15) is 4.79 Å². The summed E-state index contributed by atoms with van der Waals surface area (Å²) in [7, 11) is 0. The van der Waals surface area contributed by atoms with E-state index >= 15 is 0 Å². The van der Waals surface area contributed by atoms with Crippen LogP contribution in [0.25, 0.3) is 0 Å². The van der Waals surface area contributed by atoms with Crippen molar-refractivity contribution in [3.05, 3.63) is 0 Å². The highest BCUT2D eigenvalue weighted by Gasteiger charge is 2.23. The largest absolute Gasteiger partial charge is 0.339 e. The van der Waals surface area contributed by atoms with Gasteiger partial charge in [-0.1, -0.05) is 41.5 Å². The quantitative estimate of drug-likeness (QED) is 0.663. The Bertz CT molecular complexity index is 183. The number of nitrogens with zero attached hydrogens (tertiary/aromatic N) is 1. The van der Waals surface area contributed by atoms with E-state index in [0.29, 0.717) is 17.9 Å². The van der Waals surface area contributed by atoms with Gasteiger partial charge in [-0.25, -0.2) is 0 Å².